The first-order valence-electron chi connectivity index (χ1n) is 4.37. The van der Waals surface area contributed by atoms with Gasteiger partial charge in [0, 0.05) is 19.6 Å². The molecule has 0 bridgehead atoms. The highest BCUT2D eigenvalue weighted by atomic mass is 32.2. The van der Waals surface area contributed by atoms with Gasteiger partial charge in [-0.1, -0.05) is 0 Å². The molecule has 0 aromatic heterocycles. The summed E-state index contributed by atoms with van der Waals surface area (Å²) in [6.45, 7) is 4.62. The highest BCUT2D eigenvalue weighted by molar-refractivity contribution is 7.75. The molecular weight excluding hydrogens is 194 g/mol. The molecule has 2 saturated heterocycles. The van der Waals surface area contributed by atoms with Crippen molar-refractivity contribution < 1.29 is 17.3 Å². The topological polar surface area (TPSA) is 48.0 Å². The van der Waals surface area contributed by atoms with E-state index >= 15 is 0 Å². The van der Waals surface area contributed by atoms with E-state index in [2.05, 4.69) is 4.90 Å². The van der Waals surface area contributed by atoms with Crippen LogP contribution in [0.1, 0.15) is 0 Å². The number of morpholine rings is 1. The van der Waals surface area contributed by atoms with Gasteiger partial charge in [-0.25, -0.2) is 0 Å². The van der Waals surface area contributed by atoms with E-state index in [9.17, 15) is 4.21 Å². The first-order chi connectivity index (χ1) is 6.34. The molecule has 0 unspecified atom stereocenters. The van der Waals surface area contributed by atoms with Gasteiger partial charge in [0.05, 0.1) is 19.8 Å². The fourth-order valence-corrected chi connectivity index (χ4v) is 2.11. The molecule has 6 heteroatoms. The van der Waals surface area contributed by atoms with Crippen molar-refractivity contribution in [3.63, 3.8) is 0 Å². The number of rotatable bonds is 2. The molecule has 2 heterocycles. The minimum absolute atomic E-state index is 0.0427. The Hall–Kier alpha value is -0.0100. The van der Waals surface area contributed by atoms with Gasteiger partial charge in [0.15, 0.2) is 0 Å². The van der Waals surface area contributed by atoms with Gasteiger partial charge < -0.3 is 4.74 Å². The second-order valence-corrected chi connectivity index (χ2v) is 3.96. The summed E-state index contributed by atoms with van der Waals surface area (Å²) in [5.41, 5.74) is 0. The summed E-state index contributed by atoms with van der Waals surface area (Å²) in [7, 11) is 0. The van der Waals surface area contributed by atoms with Crippen LogP contribution in [0.2, 0.25) is 0 Å². The lowest BCUT2D eigenvalue weighted by Gasteiger charge is -2.27. The Balaban J connectivity index is 1.73. The van der Waals surface area contributed by atoms with Crippen LogP contribution < -0.4 is 0 Å². The fraction of sp³-hybridized carbons (Fsp3) is 1.00. The normalized spacial score (nSPS) is 36.6. The molecule has 0 amide bonds. The number of ether oxygens (including phenoxy) is 1. The molecule has 76 valence electrons. The maximum atomic E-state index is 10.7. The molecule has 0 aliphatic carbocycles. The summed E-state index contributed by atoms with van der Waals surface area (Å²) in [5.74, 6) is 0. The maximum Gasteiger partial charge on any atom is 0.305 e. The lowest BCUT2D eigenvalue weighted by molar-refractivity contribution is 0.0225. The molecule has 2 aliphatic rings. The van der Waals surface area contributed by atoms with Crippen LogP contribution >= 0.6 is 0 Å². The second-order valence-electron chi connectivity index (χ2n) is 3.12. The molecule has 5 nitrogen and oxygen atoms in total. The van der Waals surface area contributed by atoms with E-state index in [0.717, 1.165) is 32.8 Å². The Morgan fingerprint density at radius 3 is 2.77 bits per heavy atom. The molecule has 2 atom stereocenters. The van der Waals surface area contributed by atoms with Crippen molar-refractivity contribution in [1.82, 2.24) is 4.90 Å². The van der Waals surface area contributed by atoms with Crippen molar-refractivity contribution in [1.29, 1.82) is 0 Å². The van der Waals surface area contributed by atoms with Crippen LogP contribution in [0.4, 0.5) is 0 Å². The molecule has 2 rings (SSSR count). The predicted octanol–water partition coefficient (Wildman–Crippen LogP) is -0.687. The van der Waals surface area contributed by atoms with Crippen LogP contribution in [-0.2, 0) is 24.5 Å². The van der Waals surface area contributed by atoms with Gasteiger partial charge in [0.25, 0.3) is 0 Å². The number of hydrogen-bond donors (Lipinski definition) is 0. The minimum atomic E-state index is -1.52. The van der Waals surface area contributed by atoms with E-state index in [1.165, 1.54) is 0 Å². The van der Waals surface area contributed by atoms with Crippen molar-refractivity contribution in [3.05, 3.63) is 0 Å². The second kappa shape index (κ2) is 4.47. The zero-order valence-electron chi connectivity index (χ0n) is 7.31. The Bertz CT molecular complexity index is 195. The van der Waals surface area contributed by atoms with Crippen molar-refractivity contribution in [2.75, 3.05) is 39.5 Å². The van der Waals surface area contributed by atoms with Crippen LogP contribution in [0.15, 0.2) is 0 Å². The third kappa shape index (κ3) is 2.72. The molecular formula is C7H13NO4S. The summed E-state index contributed by atoms with van der Waals surface area (Å²) in [6, 6.07) is 0. The molecule has 2 fully saturated rings. The fourth-order valence-electron chi connectivity index (χ4n) is 1.45. The van der Waals surface area contributed by atoms with Gasteiger partial charge in [0.1, 0.15) is 6.10 Å². The zero-order valence-corrected chi connectivity index (χ0v) is 8.12. The average molecular weight is 207 g/mol. The monoisotopic (exact) mass is 207 g/mol. The Morgan fingerprint density at radius 2 is 2.15 bits per heavy atom. The van der Waals surface area contributed by atoms with Crippen LogP contribution in [0.5, 0.6) is 0 Å². The van der Waals surface area contributed by atoms with Gasteiger partial charge in [-0.2, -0.15) is 4.21 Å². The maximum absolute atomic E-state index is 10.7. The average Bonchev–Trinajstić information content (AvgIpc) is 2.53. The summed E-state index contributed by atoms with van der Waals surface area (Å²) < 4.78 is 25.8. The first kappa shape index (κ1) is 9.54. The highest BCUT2D eigenvalue weighted by Gasteiger charge is 2.26. The van der Waals surface area contributed by atoms with E-state index in [0.29, 0.717) is 6.61 Å². The molecule has 0 aromatic carbocycles. The van der Waals surface area contributed by atoms with E-state index in [1.807, 2.05) is 0 Å². The number of nitrogens with zero attached hydrogens (tertiary/aromatic N) is 1. The van der Waals surface area contributed by atoms with Gasteiger partial charge in [0.2, 0.25) is 0 Å². The third-order valence-corrected chi connectivity index (χ3v) is 2.89. The van der Waals surface area contributed by atoms with Crippen LogP contribution in [-0.4, -0.2) is 54.7 Å². The lowest BCUT2D eigenvalue weighted by atomic mass is 10.3. The van der Waals surface area contributed by atoms with E-state index in [1.54, 1.807) is 0 Å². The van der Waals surface area contributed by atoms with Crippen LogP contribution in [0, 0.1) is 0 Å². The van der Waals surface area contributed by atoms with E-state index in [-0.39, 0.29) is 6.10 Å². The molecule has 2 aliphatic heterocycles. The van der Waals surface area contributed by atoms with Crippen molar-refractivity contribution >= 4 is 11.4 Å². The summed E-state index contributed by atoms with van der Waals surface area (Å²) >= 11 is -1.52. The molecule has 13 heavy (non-hydrogen) atoms. The molecule has 0 aromatic rings. The lowest BCUT2D eigenvalue weighted by Crippen LogP contribution is -2.41. The molecule has 0 radical (unpaired) electrons. The van der Waals surface area contributed by atoms with E-state index < -0.39 is 11.4 Å². The largest absolute Gasteiger partial charge is 0.379 e. The minimum Gasteiger partial charge on any atom is -0.379 e. The SMILES string of the molecule is O=[S@]1OC[C@@H](CN2CCOCC2)O1. The van der Waals surface area contributed by atoms with Crippen LogP contribution in [0.25, 0.3) is 0 Å². The zero-order chi connectivity index (χ0) is 9.10. The smallest absolute Gasteiger partial charge is 0.305 e. The van der Waals surface area contributed by atoms with Crippen molar-refractivity contribution in [2.45, 2.75) is 6.10 Å². The Kier molecular flexibility index (Phi) is 3.28. The summed E-state index contributed by atoms with van der Waals surface area (Å²) in [5, 5.41) is 0. The summed E-state index contributed by atoms with van der Waals surface area (Å²) in [6.07, 6.45) is -0.0427. The van der Waals surface area contributed by atoms with Gasteiger partial charge in [-0.3, -0.25) is 13.3 Å². The van der Waals surface area contributed by atoms with Gasteiger partial charge >= 0.3 is 11.4 Å². The highest BCUT2D eigenvalue weighted by Crippen LogP contribution is 2.10. The van der Waals surface area contributed by atoms with Crippen LogP contribution in [0.3, 0.4) is 0 Å². The number of hydrogen-bond acceptors (Lipinski definition) is 5. The summed E-state index contributed by atoms with van der Waals surface area (Å²) in [4.78, 5) is 2.24. The van der Waals surface area contributed by atoms with E-state index in [4.69, 9.17) is 13.1 Å². The third-order valence-electron chi connectivity index (χ3n) is 2.13. The van der Waals surface area contributed by atoms with Crippen molar-refractivity contribution in [3.8, 4) is 0 Å². The Morgan fingerprint density at radius 1 is 1.38 bits per heavy atom. The molecule has 0 spiro atoms. The van der Waals surface area contributed by atoms with Gasteiger partial charge in [-0.15, -0.1) is 0 Å². The molecule has 0 N–H and O–H groups in total. The predicted molar refractivity (Wildman–Crippen MR) is 46.2 cm³/mol. The quantitative estimate of drug-likeness (QED) is 0.600. The Labute approximate surface area is 79.8 Å². The standard InChI is InChI=1S/C7H13NO4S/c9-13-11-6-7(12-13)5-8-1-3-10-4-2-8/h7H,1-6H2/t7-,13+/m1/s1. The first-order valence-corrected chi connectivity index (χ1v) is 5.37. The van der Waals surface area contributed by atoms with Crippen molar-refractivity contribution in [2.24, 2.45) is 0 Å². The van der Waals surface area contributed by atoms with Gasteiger partial charge in [-0.05, 0) is 0 Å². The molecule has 0 saturated carbocycles.